The van der Waals surface area contributed by atoms with Crippen molar-refractivity contribution in [3.63, 3.8) is 0 Å². The van der Waals surface area contributed by atoms with Gasteiger partial charge in [0.05, 0.1) is 23.0 Å². The van der Waals surface area contributed by atoms with Crippen LogP contribution in [0.5, 0.6) is 0 Å². The van der Waals surface area contributed by atoms with E-state index in [4.69, 9.17) is 4.74 Å². The lowest BCUT2D eigenvalue weighted by atomic mass is 9.92. The molecule has 0 bridgehead atoms. The summed E-state index contributed by atoms with van der Waals surface area (Å²) >= 11 is 0. The summed E-state index contributed by atoms with van der Waals surface area (Å²) in [5.74, 6) is 0.660. The number of hydrogen-bond acceptors (Lipinski definition) is 6. The summed E-state index contributed by atoms with van der Waals surface area (Å²) in [4.78, 5) is 4.56. The number of aromatic nitrogens is 5. The van der Waals surface area contributed by atoms with E-state index in [9.17, 15) is 5.11 Å². The number of aryl methyl sites for hydroxylation is 1. The van der Waals surface area contributed by atoms with Gasteiger partial charge < -0.3 is 15.2 Å². The molecule has 1 saturated heterocycles. The fraction of sp³-hybridized carbons (Fsp3) is 0.350. The lowest BCUT2D eigenvalue weighted by Gasteiger charge is -2.26. The van der Waals surface area contributed by atoms with E-state index in [2.05, 4.69) is 25.6 Å². The van der Waals surface area contributed by atoms with Gasteiger partial charge in [-0.15, -0.1) is 5.10 Å². The highest BCUT2D eigenvalue weighted by atomic mass is 16.5. The van der Waals surface area contributed by atoms with Crippen LogP contribution in [-0.2, 0) is 4.74 Å². The molecule has 0 aliphatic carbocycles. The molecule has 0 radical (unpaired) electrons. The number of benzene rings is 1. The van der Waals surface area contributed by atoms with E-state index < -0.39 is 6.10 Å². The second-order valence-electron chi connectivity index (χ2n) is 7.25. The van der Waals surface area contributed by atoms with Gasteiger partial charge in [-0.2, -0.15) is 10.1 Å². The van der Waals surface area contributed by atoms with Crippen LogP contribution in [0.1, 0.15) is 30.3 Å². The summed E-state index contributed by atoms with van der Waals surface area (Å²) in [6.45, 7) is 3.36. The normalized spacial score (nSPS) is 16.6. The number of rotatable bonds is 4. The Morgan fingerprint density at radius 3 is 2.96 bits per heavy atom. The van der Waals surface area contributed by atoms with Gasteiger partial charge in [0.1, 0.15) is 0 Å². The number of hydrogen-bond donors (Lipinski definition) is 3. The Morgan fingerprint density at radius 2 is 2.11 bits per heavy atom. The summed E-state index contributed by atoms with van der Waals surface area (Å²) < 4.78 is 7.14. The van der Waals surface area contributed by atoms with E-state index >= 15 is 0 Å². The zero-order valence-corrected chi connectivity index (χ0v) is 15.6. The molecule has 3 N–H and O–H groups in total. The van der Waals surface area contributed by atoms with Crippen molar-refractivity contribution in [2.45, 2.75) is 25.9 Å². The van der Waals surface area contributed by atoms with Crippen LogP contribution in [0.15, 0.2) is 36.4 Å². The molecule has 1 aliphatic heterocycles. The first-order valence-corrected chi connectivity index (χ1v) is 9.52. The average Bonchev–Trinajstić information content (AvgIpc) is 3.30. The lowest BCUT2D eigenvalue weighted by Crippen LogP contribution is -2.23. The Balaban J connectivity index is 1.45. The number of fused-ring (bicyclic) bond motifs is 2. The largest absolute Gasteiger partial charge is 0.387 e. The number of anilines is 2. The molecule has 1 atom stereocenters. The zero-order chi connectivity index (χ0) is 19.1. The third-order valence-electron chi connectivity index (χ3n) is 5.41. The standard InChI is InChI=1S/C20H22N6O2/c1-12-15-6-5-14(11-16(15)24-23-12)21-20-22-18-4-2-3-17(26(18)25-20)19(27)13-7-9-28-10-8-13/h2-6,11,13,19,27H,7-10H2,1H3,(H,21,25)(H,23,24). The van der Waals surface area contributed by atoms with Crippen molar-refractivity contribution in [3.05, 3.63) is 47.8 Å². The maximum atomic E-state index is 10.9. The predicted molar refractivity (Wildman–Crippen MR) is 106 cm³/mol. The van der Waals surface area contributed by atoms with Gasteiger partial charge in [0.25, 0.3) is 0 Å². The minimum Gasteiger partial charge on any atom is -0.387 e. The van der Waals surface area contributed by atoms with Gasteiger partial charge in [-0.3, -0.25) is 5.10 Å². The molecular weight excluding hydrogens is 356 g/mol. The Labute approximate surface area is 161 Å². The van der Waals surface area contributed by atoms with Gasteiger partial charge in [-0.05, 0) is 56.0 Å². The van der Waals surface area contributed by atoms with Gasteiger partial charge in [0, 0.05) is 24.3 Å². The molecule has 8 nitrogen and oxygen atoms in total. The Kier molecular flexibility index (Phi) is 4.22. The highest BCUT2D eigenvalue weighted by molar-refractivity contribution is 5.84. The third kappa shape index (κ3) is 3.00. The average molecular weight is 378 g/mol. The van der Waals surface area contributed by atoms with Crippen LogP contribution < -0.4 is 5.32 Å². The number of aliphatic hydroxyl groups excluding tert-OH is 1. The van der Waals surface area contributed by atoms with Crippen molar-refractivity contribution in [1.82, 2.24) is 24.8 Å². The molecule has 0 amide bonds. The summed E-state index contributed by atoms with van der Waals surface area (Å²) in [6.07, 6.45) is 1.11. The van der Waals surface area contributed by atoms with Crippen molar-refractivity contribution in [2.24, 2.45) is 5.92 Å². The SMILES string of the molecule is Cc1n[nH]c2cc(Nc3nc4cccc(C(O)C5CCOCC5)n4n3)ccc12. The molecule has 144 valence electrons. The van der Waals surface area contributed by atoms with E-state index in [-0.39, 0.29) is 5.92 Å². The first-order chi connectivity index (χ1) is 13.7. The van der Waals surface area contributed by atoms with E-state index in [1.165, 1.54) is 0 Å². The molecule has 1 unspecified atom stereocenters. The second-order valence-corrected chi connectivity index (χ2v) is 7.25. The zero-order valence-electron chi connectivity index (χ0n) is 15.6. The van der Waals surface area contributed by atoms with Crippen LogP contribution in [0.4, 0.5) is 11.6 Å². The number of H-pyrrole nitrogens is 1. The molecule has 0 saturated carbocycles. The Bertz CT molecular complexity index is 1130. The van der Waals surface area contributed by atoms with E-state index in [1.807, 2.05) is 43.3 Å². The van der Waals surface area contributed by atoms with Gasteiger partial charge in [-0.1, -0.05) is 6.07 Å². The van der Waals surface area contributed by atoms with Crippen molar-refractivity contribution < 1.29 is 9.84 Å². The number of nitrogens with one attached hydrogen (secondary N) is 2. The number of aromatic amines is 1. The molecule has 4 heterocycles. The Morgan fingerprint density at radius 1 is 1.25 bits per heavy atom. The van der Waals surface area contributed by atoms with E-state index in [0.29, 0.717) is 24.8 Å². The summed E-state index contributed by atoms with van der Waals surface area (Å²) in [6, 6.07) is 11.7. The summed E-state index contributed by atoms with van der Waals surface area (Å²) in [5, 5.41) is 27.1. The lowest BCUT2D eigenvalue weighted by molar-refractivity contribution is 0.00480. The van der Waals surface area contributed by atoms with Crippen molar-refractivity contribution in [2.75, 3.05) is 18.5 Å². The molecule has 4 aromatic rings. The van der Waals surface area contributed by atoms with Crippen LogP contribution in [0.25, 0.3) is 16.6 Å². The van der Waals surface area contributed by atoms with Crippen LogP contribution in [0.2, 0.25) is 0 Å². The minimum atomic E-state index is -0.591. The van der Waals surface area contributed by atoms with E-state index in [0.717, 1.165) is 40.8 Å². The van der Waals surface area contributed by atoms with Gasteiger partial charge in [-0.25, -0.2) is 4.52 Å². The van der Waals surface area contributed by atoms with Gasteiger partial charge in [0.15, 0.2) is 5.65 Å². The van der Waals surface area contributed by atoms with Gasteiger partial charge in [0.2, 0.25) is 5.95 Å². The monoisotopic (exact) mass is 378 g/mol. The fourth-order valence-corrected chi connectivity index (χ4v) is 3.84. The number of ether oxygens (including phenoxy) is 1. The molecule has 1 aromatic carbocycles. The maximum Gasteiger partial charge on any atom is 0.247 e. The minimum absolute atomic E-state index is 0.172. The predicted octanol–water partition coefficient (Wildman–Crippen LogP) is 3.12. The first-order valence-electron chi connectivity index (χ1n) is 9.52. The molecular formula is C20H22N6O2. The Hall–Kier alpha value is -2.97. The van der Waals surface area contributed by atoms with Gasteiger partial charge >= 0.3 is 0 Å². The summed E-state index contributed by atoms with van der Waals surface area (Å²) in [5.41, 5.74) is 4.26. The molecule has 8 heteroatoms. The topological polar surface area (TPSA) is 100 Å². The van der Waals surface area contributed by atoms with Crippen molar-refractivity contribution >= 4 is 28.2 Å². The first kappa shape index (κ1) is 17.2. The van der Waals surface area contributed by atoms with Crippen LogP contribution in [0.3, 0.4) is 0 Å². The molecule has 28 heavy (non-hydrogen) atoms. The number of nitrogens with zero attached hydrogens (tertiary/aromatic N) is 4. The third-order valence-corrected chi connectivity index (χ3v) is 5.41. The maximum absolute atomic E-state index is 10.9. The molecule has 3 aromatic heterocycles. The smallest absolute Gasteiger partial charge is 0.247 e. The highest BCUT2D eigenvalue weighted by Gasteiger charge is 2.26. The molecule has 0 spiro atoms. The van der Waals surface area contributed by atoms with Crippen LogP contribution >= 0.6 is 0 Å². The second kappa shape index (κ2) is 6.88. The number of aliphatic hydroxyl groups is 1. The van der Waals surface area contributed by atoms with Crippen molar-refractivity contribution in [3.8, 4) is 0 Å². The summed E-state index contributed by atoms with van der Waals surface area (Å²) in [7, 11) is 0. The molecule has 1 fully saturated rings. The number of pyridine rings is 1. The molecule has 1 aliphatic rings. The van der Waals surface area contributed by atoms with Crippen LogP contribution in [-0.4, -0.2) is 43.1 Å². The quantitative estimate of drug-likeness (QED) is 0.504. The molecule has 5 rings (SSSR count). The van der Waals surface area contributed by atoms with Crippen molar-refractivity contribution in [1.29, 1.82) is 0 Å². The van der Waals surface area contributed by atoms with Crippen LogP contribution in [0, 0.1) is 12.8 Å². The van der Waals surface area contributed by atoms with E-state index in [1.54, 1.807) is 4.52 Å². The fourth-order valence-electron chi connectivity index (χ4n) is 3.84. The highest BCUT2D eigenvalue weighted by Crippen LogP contribution is 2.30.